The lowest BCUT2D eigenvalue weighted by atomic mass is 9.63. The summed E-state index contributed by atoms with van der Waals surface area (Å²) >= 11 is 2.58. The molecule has 1 heterocycles. The summed E-state index contributed by atoms with van der Waals surface area (Å²) in [4.78, 5) is 11.6. The minimum atomic E-state index is 0.0650. The van der Waals surface area contributed by atoms with Crippen molar-refractivity contribution in [3.05, 3.63) is 0 Å². The van der Waals surface area contributed by atoms with Crippen LogP contribution in [0.15, 0.2) is 0 Å². The Morgan fingerprint density at radius 2 is 2.22 bits per heavy atom. The van der Waals surface area contributed by atoms with Crippen molar-refractivity contribution < 1.29 is 9.53 Å². The van der Waals surface area contributed by atoms with Crippen LogP contribution in [0.5, 0.6) is 0 Å². The number of hydrogen-bond acceptors (Lipinski definition) is 2. The molecule has 4 rings (SSSR count). The minimum absolute atomic E-state index is 0.0650. The first-order chi connectivity index (χ1) is 8.64. The van der Waals surface area contributed by atoms with E-state index in [1.165, 1.54) is 23.7 Å². The van der Waals surface area contributed by atoms with E-state index in [1.54, 1.807) is 0 Å². The molecule has 2 bridgehead atoms. The average molecular weight is 360 g/mol. The van der Waals surface area contributed by atoms with Gasteiger partial charge in [-0.15, -0.1) is 0 Å². The third-order valence-corrected chi connectivity index (χ3v) is 7.69. The number of carbonyl (C=O) groups excluding carboxylic acids is 1. The van der Waals surface area contributed by atoms with E-state index in [1.807, 2.05) is 0 Å². The Balaban J connectivity index is 1.66. The van der Waals surface area contributed by atoms with E-state index in [9.17, 15) is 4.79 Å². The standard InChI is InChI=1S/C15H21IO2/c1-8-2-10(6-16)14-9-3-11(13(8)14)15(4-9)5-12(17)18-7-15/h8-11,13-14H,2-7H2,1H3. The highest BCUT2D eigenvalue weighted by molar-refractivity contribution is 14.1. The zero-order valence-electron chi connectivity index (χ0n) is 10.9. The van der Waals surface area contributed by atoms with Gasteiger partial charge in [-0.2, -0.15) is 0 Å². The van der Waals surface area contributed by atoms with Crippen LogP contribution in [0.2, 0.25) is 0 Å². The summed E-state index contributed by atoms with van der Waals surface area (Å²) in [7, 11) is 0. The van der Waals surface area contributed by atoms with Crippen LogP contribution < -0.4 is 0 Å². The molecule has 4 aliphatic rings. The molecule has 7 unspecified atom stereocenters. The smallest absolute Gasteiger partial charge is 0.306 e. The molecule has 0 aromatic carbocycles. The summed E-state index contributed by atoms with van der Waals surface area (Å²) in [5.74, 6) is 5.46. The summed E-state index contributed by atoms with van der Waals surface area (Å²) in [6.45, 7) is 3.19. The van der Waals surface area contributed by atoms with Crippen LogP contribution in [0.1, 0.15) is 32.6 Å². The lowest BCUT2D eigenvalue weighted by Crippen LogP contribution is -2.38. The van der Waals surface area contributed by atoms with Gasteiger partial charge in [0.1, 0.15) is 0 Å². The number of cyclic esters (lactones) is 1. The first-order valence-electron chi connectivity index (χ1n) is 7.36. The molecule has 18 heavy (non-hydrogen) atoms. The Morgan fingerprint density at radius 1 is 1.39 bits per heavy atom. The number of alkyl halides is 1. The molecule has 3 heteroatoms. The SMILES string of the molecule is CC1CC(CI)C2C3CC(C12)C1(COC(=O)C1)C3. The van der Waals surface area contributed by atoms with Gasteiger partial charge in [0, 0.05) is 9.84 Å². The second kappa shape index (κ2) is 3.86. The molecule has 0 aromatic rings. The second-order valence-electron chi connectivity index (χ2n) is 7.29. The third-order valence-electron chi connectivity index (χ3n) is 6.56. The van der Waals surface area contributed by atoms with Gasteiger partial charge in [-0.1, -0.05) is 29.5 Å². The van der Waals surface area contributed by atoms with Crippen molar-refractivity contribution in [2.75, 3.05) is 11.0 Å². The molecule has 1 saturated heterocycles. The maximum absolute atomic E-state index is 11.6. The molecule has 0 radical (unpaired) electrons. The molecule has 4 fully saturated rings. The Kier molecular flexibility index (Phi) is 2.57. The molecule has 2 nitrogen and oxygen atoms in total. The number of fused-ring (bicyclic) bond motifs is 6. The summed E-state index contributed by atoms with van der Waals surface area (Å²) in [6, 6.07) is 0. The number of esters is 1. The van der Waals surface area contributed by atoms with E-state index in [4.69, 9.17) is 4.74 Å². The van der Waals surface area contributed by atoms with E-state index in [2.05, 4.69) is 29.5 Å². The maximum Gasteiger partial charge on any atom is 0.306 e. The predicted octanol–water partition coefficient (Wildman–Crippen LogP) is 3.28. The van der Waals surface area contributed by atoms with Crippen LogP contribution in [0.3, 0.4) is 0 Å². The summed E-state index contributed by atoms with van der Waals surface area (Å²) < 4.78 is 6.67. The highest BCUT2D eigenvalue weighted by Crippen LogP contribution is 2.70. The van der Waals surface area contributed by atoms with E-state index in [-0.39, 0.29) is 11.4 Å². The van der Waals surface area contributed by atoms with Crippen molar-refractivity contribution in [1.82, 2.24) is 0 Å². The van der Waals surface area contributed by atoms with Crippen LogP contribution >= 0.6 is 22.6 Å². The number of carbonyl (C=O) groups is 1. The number of rotatable bonds is 1. The fourth-order valence-electron chi connectivity index (χ4n) is 6.19. The fraction of sp³-hybridized carbons (Fsp3) is 0.933. The van der Waals surface area contributed by atoms with Crippen molar-refractivity contribution in [2.24, 2.45) is 40.9 Å². The van der Waals surface area contributed by atoms with E-state index < -0.39 is 0 Å². The van der Waals surface area contributed by atoms with Crippen molar-refractivity contribution in [3.8, 4) is 0 Å². The van der Waals surface area contributed by atoms with Gasteiger partial charge in [0.25, 0.3) is 0 Å². The molecule has 3 aliphatic carbocycles. The quantitative estimate of drug-likeness (QED) is 0.408. The Labute approximate surface area is 122 Å². The number of ether oxygens (including phenoxy) is 1. The van der Waals surface area contributed by atoms with Gasteiger partial charge in [0.15, 0.2) is 0 Å². The molecule has 1 spiro atoms. The highest BCUT2D eigenvalue weighted by Gasteiger charge is 2.66. The lowest BCUT2D eigenvalue weighted by Gasteiger charge is -2.40. The fourth-order valence-corrected chi connectivity index (χ4v) is 7.14. The summed E-state index contributed by atoms with van der Waals surface area (Å²) in [5, 5.41) is 0. The molecule has 0 aromatic heterocycles. The summed E-state index contributed by atoms with van der Waals surface area (Å²) in [5.41, 5.74) is 0.261. The van der Waals surface area contributed by atoms with Gasteiger partial charge >= 0.3 is 5.97 Å². The largest absolute Gasteiger partial charge is 0.465 e. The molecule has 0 N–H and O–H groups in total. The van der Waals surface area contributed by atoms with E-state index in [0.717, 1.165) is 48.5 Å². The van der Waals surface area contributed by atoms with Crippen LogP contribution in [-0.4, -0.2) is 17.0 Å². The van der Waals surface area contributed by atoms with Crippen molar-refractivity contribution in [2.45, 2.75) is 32.6 Å². The van der Waals surface area contributed by atoms with Crippen LogP contribution in [0, 0.1) is 40.9 Å². The first kappa shape index (κ1) is 12.0. The monoisotopic (exact) mass is 360 g/mol. The molecule has 0 amide bonds. The number of hydrogen-bond donors (Lipinski definition) is 0. The summed E-state index contributed by atoms with van der Waals surface area (Å²) in [6.07, 6.45) is 4.82. The zero-order chi connectivity index (χ0) is 12.5. The Hall–Kier alpha value is 0.200. The van der Waals surface area contributed by atoms with Crippen LogP contribution in [0.25, 0.3) is 0 Å². The first-order valence-corrected chi connectivity index (χ1v) is 8.89. The second-order valence-corrected chi connectivity index (χ2v) is 8.17. The van der Waals surface area contributed by atoms with E-state index >= 15 is 0 Å². The molecular formula is C15H21IO2. The van der Waals surface area contributed by atoms with Crippen LogP contribution in [0.4, 0.5) is 0 Å². The van der Waals surface area contributed by atoms with Gasteiger partial charge in [-0.25, -0.2) is 0 Å². The van der Waals surface area contributed by atoms with Crippen LogP contribution in [-0.2, 0) is 9.53 Å². The number of halogens is 1. The van der Waals surface area contributed by atoms with Gasteiger partial charge in [0.2, 0.25) is 0 Å². The van der Waals surface area contributed by atoms with Crippen molar-refractivity contribution in [3.63, 3.8) is 0 Å². The predicted molar refractivity (Wildman–Crippen MR) is 77.4 cm³/mol. The van der Waals surface area contributed by atoms with Crippen molar-refractivity contribution in [1.29, 1.82) is 0 Å². The topological polar surface area (TPSA) is 26.3 Å². The molecule has 1 aliphatic heterocycles. The third kappa shape index (κ3) is 1.37. The molecule has 7 atom stereocenters. The van der Waals surface area contributed by atoms with Crippen molar-refractivity contribution >= 4 is 28.6 Å². The average Bonchev–Trinajstić information content (AvgIpc) is 3.03. The van der Waals surface area contributed by atoms with Gasteiger partial charge < -0.3 is 4.74 Å². The molecular weight excluding hydrogens is 339 g/mol. The van der Waals surface area contributed by atoms with Gasteiger partial charge in [-0.3, -0.25) is 4.79 Å². The zero-order valence-corrected chi connectivity index (χ0v) is 13.1. The normalized spacial score (nSPS) is 57.3. The molecule has 100 valence electrons. The highest BCUT2D eigenvalue weighted by atomic mass is 127. The maximum atomic E-state index is 11.6. The Bertz CT molecular complexity index is 396. The lowest BCUT2D eigenvalue weighted by molar-refractivity contribution is -0.137. The molecule has 3 saturated carbocycles. The Morgan fingerprint density at radius 3 is 2.89 bits per heavy atom. The minimum Gasteiger partial charge on any atom is -0.465 e. The van der Waals surface area contributed by atoms with Gasteiger partial charge in [-0.05, 0) is 54.8 Å². The van der Waals surface area contributed by atoms with Gasteiger partial charge in [0.05, 0.1) is 13.0 Å². The van der Waals surface area contributed by atoms with E-state index in [0.29, 0.717) is 0 Å².